The number of rotatable bonds is 4. The predicted octanol–water partition coefficient (Wildman–Crippen LogP) is 2.17. The van der Waals surface area contributed by atoms with Crippen molar-refractivity contribution in [3.8, 4) is 23.0 Å². The highest BCUT2D eigenvalue weighted by Crippen LogP contribution is 2.35. The minimum atomic E-state index is -0.664. The van der Waals surface area contributed by atoms with Crippen LogP contribution in [-0.4, -0.2) is 69.7 Å². The van der Waals surface area contributed by atoms with E-state index in [1.54, 1.807) is 9.80 Å². The predicted molar refractivity (Wildman–Crippen MR) is 110 cm³/mol. The van der Waals surface area contributed by atoms with Crippen molar-refractivity contribution < 1.29 is 29.6 Å². The van der Waals surface area contributed by atoms with Crippen LogP contribution in [0.3, 0.4) is 0 Å². The molecule has 1 aliphatic heterocycles. The number of carbonyl (C=O) groups is 2. The number of phenolic OH excluding ortho intramolecular Hbond substituents is 3. The molecule has 3 rings (SSSR count). The van der Waals surface area contributed by atoms with Gasteiger partial charge in [0.2, 0.25) is 0 Å². The van der Waals surface area contributed by atoms with E-state index in [0.717, 1.165) is 23.3 Å². The van der Waals surface area contributed by atoms with Crippen molar-refractivity contribution in [2.75, 3.05) is 32.8 Å². The van der Waals surface area contributed by atoms with E-state index in [1.807, 2.05) is 32.0 Å². The lowest BCUT2D eigenvalue weighted by atomic mass is 10.1. The van der Waals surface area contributed by atoms with E-state index in [1.165, 1.54) is 0 Å². The van der Waals surface area contributed by atoms with Crippen LogP contribution in [0.15, 0.2) is 30.3 Å². The molecule has 0 aromatic heterocycles. The maximum atomic E-state index is 12.7. The molecule has 1 fully saturated rings. The van der Waals surface area contributed by atoms with Crippen LogP contribution in [0.25, 0.3) is 0 Å². The number of carbonyl (C=O) groups excluding carboxylic acids is 2. The van der Waals surface area contributed by atoms with Crippen LogP contribution in [0.1, 0.15) is 27.9 Å². The lowest BCUT2D eigenvalue weighted by Gasteiger charge is -2.22. The molecule has 2 amide bonds. The first-order valence-electron chi connectivity index (χ1n) is 9.78. The summed E-state index contributed by atoms with van der Waals surface area (Å²) in [5.41, 5.74) is 2.32. The van der Waals surface area contributed by atoms with Gasteiger partial charge in [0, 0.05) is 31.7 Å². The minimum absolute atomic E-state index is 0.0700. The average Bonchev–Trinajstić information content (AvgIpc) is 2.98. The fraction of sp³-hybridized carbons (Fsp3) is 0.364. The molecule has 3 N–H and O–H groups in total. The second-order valence-electron chi connectivity index (χ2n) is 7.42. The minimum Gasteiger partial charge on any atom is -0.504 e. The quantitative estimate of drug-likeness (QED) is 0.662. The number of aryl methyl sites for hydroxylation is 2. The molecule has 0 spiro atoms. The molecule has 1 heterocycles. The third-order valence-electron chi connectivity index (χ3n) is 5.29. The van der Waals surface area contributed by atoms with Crippen LogP contribution in [0.5, 0.6) is 23.0 Å². The van der Waals surface area contributed by atoms with Gasteiger partial charge in [0.1, 0.15) is 5.75 Å². The smallest absolute Gasteiger partial charge is 0.260 e. The van der Waals surface area contributed by atoms with E-state index >= 15 is 0 Å². The normalized spacial score (nSPS) is 14.3. The lowest BCUT2D eigenvalue weighted by Crippen LogP contribution is -2.39. The Morgan fingerprint density at radius 1 is 0.900 bits per heavy atom. The molecule has 0 aliphatic carbocycles. The molecular formula is C22H26N2O6. The van der Waals surface area contributed by atoms with E-state index < -0.39 is 17.2 Å². The van der Waals surface area contributed by atoms with E-state index in [0.29, 0.717) is 38.3 Å². The Morgan fingerprint density at radius 2 is 1.53 bits per heavy atom. The fourth-order valence-corrected chi connectivity index (χ4v) is 3.32. The largest absolute Gasteiger partial charge is 0.504 e. The van der Waals surface area contributed by atoms with Gasteiger partial charge in [-0.25, -0.2) is 0 Å². The summed E-state index contributed by atoms with van der Waals surface area (Å²) in [5, 5.41) is 28.7. The lowest BCUT2D eigenvalue weighted by molar-refractivity contribution is -0.133. The molecule has 1 saturated heterocycles. The molecule has 0 radical (unpaired) electrons. The number of benzene rings is 2. The maximum Gasteiger partial charge on any atom is 0.260 e. The van der Waals surface area contributed by atoms with Gasteiger partial charge in [0.15, 0.2) is 23.9 Å². The molecule has 30 heavy (non-hydrogen) atoms. The van der Waals surface area contributed by atoms with Crippen LogP contribution in [-0.2, 0) is 4.79 Å². The van der Waals surface area contributed by atoms with E-state index in [-0.39, 0.29) is 24.0 Å². The third-order valence-corrected chi connectivity index (χ3v) is 5.29. The van der Waals surface area contributed by atoms with Crippen LogP contribution in [0, 0.1) is 13.8 Å². The zero-order chi connectivity index (χ0) is 21.8. The van der Waals surface area contributed by atoms with Crippen molar-refractivity contribution in [1.29, 1.82) is 0 Å². The number of hydrogen-bond donors (Lipinski definition) is 3. The summed E-state index contributed by atoms with van der Waals surface area (Å²) in [6.45, 7) is 5.53. The van der Waals surface area contributed by atoms with Gasteiger partial charge in [0.05, 0.1) is 0 Å². The summed E-state index contributed by atoms with van der Waals surface area (Å²) in [6.07, 6.45) is 0.594. The molecule has 160 valence electrons. The number of nitrogens with zero attached hydrogens (tertiary/aromatic N) is 2. The zero-order valence-corrected chi connectivity index (χ0v) is 17.1. The SMILES string of the molecule is Cc1ccc(OCC(=O)N2CCCN(C(=O)c3cc(O)c(O)c(O)c3)CC2)cc1C. The molecule has 0 bridgehead atoms. The van der Waals surface area contributed by atoms with Crippen molar-refractivity contribution >= 4 is 11.8 Å². The number of ether oxygens (including phenoxy) is 1. The van der Waals surface area contributed by atoms with Crippen LogP contribution >= 0.6 is 0 Å². The summed E-state index contributed by atoms with van der Waals surface area (Å²) in [6, 6.07) is 7.91. The summed E-state index contributed by atoms with van der Waals surface area (Å²) in [5.74, 6) is -1.68. The summed E-state index contributed by atoms with van der Waals surface area (Å²) >= 11 is 0. The Balaban J connectivity index is 1.58. The first kappa shape index (κ1) is 21.3. The Kier molecular flexibility index (Phi) is 6.34. The highest BCUT2D eigenvalue weighted by Gasteiger charge is 2.24. The zero-order valence-electron chi connectivity index (χ0n) is 17.1. The van der Waals surface area contributed by atoms with Gasteiger partial charge in [0.25, 0.3) is 11.8 Å². The van der Waals surface area contributed by atoms with Gasteiger partial charge in [-0.2, -0.15) is 0 Å². The number of amides is 2. The number of hydrogen-bond acceptors (Lipinski definition) is 6. The fourth-order valence-electron chi connectivity index (χ4n) is 3.32. The van der Waals surface area contributed by atoms with Gasteiger partial charge < -0.3 is 29.9 Å². The summed E-state index contributed by atoms with van der Waals surface area (Å²) < 4.78 is 5.63. The van der Waals surface area contributed by atoms with Crippen LogP contribution in [0.4, 0.5) is 0 Å². The first-order chi connectivity index (χ1) is 14.3. The van der Waals surface area contributed by atoms with Crippen LogP contribution in [0.2, 0.25) is 0 Å². The third kappa shape index (κ3) is 4.76. The van der Waals surface area contributed by atoms with Gasteiger partial charge in [-0.3, -0.25) is 9.59 Å². The number of aromatic hydroxyl groups is 3. The van der Waals surface area contributed by atoms with Gasteiger partial charge >= 0.3 is 0 Å². The standard InChI is InChI=1S/C22H26N2O6/c1-14-4-5-17(10-15(14)2)30-13-20(27)23-6-3-7-24(9-8-23)22(29)16-11-18(25)21(28)19(26)12-16/h4-5,10-12,25-26,28H,3,6-9,13H2,1-2H3. The topological polar surface area (TPSA) is 111 Å². The van der Waals surface area contributed by atoms with Crippen molar-refractivity contribution in [3.05, 3.63) is 47.0 Å². The monoisotopic (exact) mass is 414 g/mol. The van der Waals surface area contributed by atoms with Crippen LogP contribution < -0.4 is 4.74 Å². The maximum absolute atomic E-state index is 12.7. The highest BCUT2D eigenvalue weighted by molar-refractivity contribution is 5.95. The molecule has 1 aliphatic rings. The Morgan fingerprint density at radius 3 is 2.20 bits per heavy atom. The van der Waals surface area contributed by atoms with Crippen molar-refractivity contribution in [2.24, 2.45) is 0 Å². The van der Waals surface area contributed by atoms with Gasteiger partial charge in [-0.15, -0.1) is 0 Å². The van der Waals surface area contributed by atoms with Crippen molar-refractivity contribution in [3.63, 3.8) is 0 Å². The second kappa shape index (κ2) is 8.94. The van der Waals surface area contributed by atoms with Gasteiger partial charge in [-0.05, 0) is 55.7 Å². The Hall–Kier alpha value is -3.42. The Labute approximate surface area is 174 Å². The van der Waals surface area contributed by atoms with E-state index in [2.05, 4.69) is 0 Å². The van der Waals surface area contributed by atoms with E-state index in [4.69, 9.17) is 4.74 Å². The molecule has 0 saturated carbocycles. The number of phenols is 3. The average molecular weight is 414 g/mol. The first-order valence-corrected chi connectivity index (χ1v) is 9.78. The molecule has 8 nitrogen and oxygen atoms in total. The van der Waals surface area contributed by atoms with Crippen molar-refractivity contribution in [2.45, 2.75) is 20.3 Å². The molecule has 0 atom stereocenters. The van der Waals surface area contributed by atoms with E-state index in [9.17, 15) is 24.9 Å². The summed E-state index contributed by atoms with van der Waals surface area (Å²) in [4.78, 5) is 28.5. The van der Waals surface area contributed by atoms with Crippen molar-refractivity contribution in [1.82, 2.24) is 9.80 Å². The molecular weight excluding hydrogens is 388 g/mol. The summed E-state index contributed by atoms with van der Waals surface area (Å²) in [7, 11) is 0. The molecule has 2 aromatic carbocycles. The highest BCUT2D eigenvalue weighted by atomic mass is 16.5. The Bertz CT molecular complexity index is 936. The molecule has 0 unspecified atom stereocenters. The van der Waals surface area contributed by atoms with Gasteiger partial charge in [-0.1, -0.05) is 6.07 Å². The molecule has 8 heteroatoms. The second-order valence-corrected chi connectivity index (χ2v) is 7.42. The molecule has 2 aromatic rings.